The fourth-order valence-electron chi connectivity index (χ4n) is 4.70. The van der Waals surface area contributed by atoms with Gasteiger partial charge in [-0.2, -0.15) is 0 Å². The Bertz CT molecular complexity index is 1030. The highest BCUT2D eigenvalue weighted by Crippen LogP contribution is 2.39. The van der Waals surface area contributed by atoms with Gasteiger partial charge in [-0.05, 0) is 54.0 Å². The largest absolute Gasteiger partial charge is 0.459 e. The fraction of sp³-hybridized carbons (Fsp3) is 0.333. The molecule has 6 heteroatoms. The first-order valence-corrected chi connectivity index (χ1v) is 11.3. The molecule has 154 valence electrons. The van der Waals surface area contributed by atoms with Crippen LogP contribution in [0.15, 0.2) is 64.6 Å². The van der Waals surface area contributed by atoms with Crippen molar-refractivity contribution in [2.75, 3.05) is 19.6 Å². The van der Waals surface area contributed by atoms with E-state index in [1.807, 2.05) is 23.1 Å². The highest BCUT2D eigenvalue weighted by molar-refractivity contribution is 7.10. The maximum Gasteiger partial charge on any atom is 0.289 e. The average molecular weight is 421 g/mol. The van der Waals surface area contributed by atoms with Gasteiger partial charge in [0.25, 0.3) is 5.91 Å². The molecule has 0 N–H and O–H groups in total. The Balaban J connectivity index is 1.40. The van der Waals surface area contributed by atoms with Gasteiger partial charge in [-0.1, -0.05) is 30.3 Å². The SMILES string of the molecule is O=C(c1ccco1)N1CCC[C@@H](C(=O)N2CCc3sccc3[C@@H]2c2ccccc2)C1. The summed E-state index contributed by atoms with van der Waals surface area (Å²) in [5.41, 5.74) is 2.38. The zero-order chi connectivity index (χ0) is 20.5. The topological polar surface area (TPSA) is 53.8 Å². The third-order valence-corrected chi connectivity index (χ3v) is 7.15. The van der Waals surface area contributed by atoms with E-state index in [-0.39, 0.29) is 23.8 Å². The van der Waals surface area contributed by atoms with E-state index in [2.05, 4.69) is 23.6 Å². The number of benzene rings is 1. The molecule has 0 unspecified atom stereocenters. The number of piperidine rings is 1. The summed E-state index contributed by atoms with van der Waals surface area (Å²) in [4.78, 5) is 31.6. The van der Waals surface area contributed by atoms with Gasteiger partial charge >= 0.3 is 0 Å². The van der Waals surface area contributed by atoms with Gasteiger partial charge in [-0.25, -0.2) is 0 Å². The van der Waals surface area contributed by atoms with Crippen LogP contribution in [0.1, 0.15) is 45.4 Å². The van der Waals surface area contributed by atoms with E-state index in [0.29, 0.717) is 25.4 Å². The molecule has 0 saturated carbocycles. The molecule has 2 aliphatic heterocycles. The molecule has 2 amide bonds. The molecular formula is C24H24N2O3S. The molecule has 2 aromatic heterocycles. The van der Waals surface area contributed by atoms with Crippen LogP contribution < -0.4 is 0 Å². The molecular weight excluding hydrogens is 396 g/mol. The Hall–Kier alpha value is -2.86. The minimum Gasteiger partial charge on any atom is -0.459 e. The van der Waals surface area contributed by atoms with E-state index in [9.17, 15) is 9.59 Å². The first-order chi connectivity index (χ1) is 14.7. The average Bonchev–Trinajstić information content (AvgIpc) is 3.50. The summed E-state index contributed by atoms with van der Waals surface area (Å²) >= 11 is 1.77. The van der Waals surface area contributed by atoms with Crippen LogP contribution in [0.5, 0.6) is 0 Å². The van der Waals surface area contributed by atoms with Gasteiger partial charge in [-0.15, -0.1) is 11.3 Å². The van der Waals surface area contributed by atoms with Crippen LogP contribution in [-0.4, -0.2) is 41.2 Å². The molecule has 4 heterocycles. The Morgan fingerprint density at radius 1 is 1.03 bits per heavy atom. The molecule has 0 radical (unpaired) electrons. The van der Waals surface area contributed by atoms with Crippen molar-refractivity contribution in [1.29, 1.82) is 0 Å². The summed E-state index contributed by atoms with van der Waals surface area (Å²) in [7, 11) is 0. The van der Waals surface area contributed by atoms with E-state index >= 15 is 0 Å². The Morgan fingerprint density at radius 2 is 1.90 bits per heavy atom. The van der Waals surface area contributed by atoms with Crippen molar-refractivity contribution in [2.45, 2.75) is 25.3 Å². The van der Waals surface area contributed by atoms with Crippen LogP contribution in [0.4, 0.5) is 0 Å². The predicted octanol–water partition coefficient (Wildman–Crippen LogP) is 4.37. The van der Waals surface area contributed by atoms with Gasteiger partial charge in [0.15, 0.2) is 5.76 Å². The maximum absolute atomic E-state index is 13.7. The maximum atomic E-state index is 13.7. The number of nitrogens with zero attached hydrogens (tertiary/aromatic N) is 2. The standard InChI is InChI=1S/C24H24N2O3S/c27-23(18-8-4-12-25(16-18)24(28)20-9-5-14-29-20)26-13-10-21-19(11-15-30-21)22(26)17-6-2-1-3-7-17/h1-3,5-7,9,11,14-15,18,22H,4,8,10,12-13,16H2/t18-,22+/m1/s1. The number of rotatable bonds is 3. The molecule has 0 spiro atoms. The summed E-state index contributed by atoms with van der Waals surface area (Å²) in [5.74, 6) is 0.184. The Labute approximate surface area is 179 Å². The van der Waals surface area contributed by atoms with Crippen molar-refractivity contribution in [2.24, 2.45) is 5.92 Å². The third-order valence-electron chi connectivity index (χ3n) is 6.15. The lowest BCUT2D eigenvalue weighted by molar-refractivity contribution is -0.139. The molecule has 5 rings (SSSR count). The molecule has 1 aromatic carbocycles. The van der Waals surface area contributed by atoms with Gasteiger partial charge < -0.3 is 14.2 Å². The van der Waals surface area contributed by atoms with E-state index < -0.39 is 0 Å². The summed E-state index contributed by atoms with van der Waals surface area (Å²) in [6.45, 7) is 1.83. The molecule has 1 saturated heterocycles. The van der Waals surface area contributed by atoms with Crippen molar-refractivity contribution in [3.63, 3.8) is 0 Å². The normalized spacial score (nSPS) is 21.3. The Morgan fingerprint density at radius 3 is 2.70 bits per heavy atom. The summed E-state index contributed by atoms with van der Waals surface area (Å²) in [6, 6.07) is 15.8. The van der Waals surface area contributed by atoms with Crippen molar-refractivity contribution < 1.29 is 14.0 Å². The molecule has 5 nitrogen and oxygen atoms in total. The first kappa shape index (κ1) is 19.1. The number of thiophene rings is 1. The number of fused-ring (bicyclic) bond motifs is 1. The van der Waals surface area contributed by atoms with Crippen LogP contribution in [0.3, 0.4) is 0 Å². The zero-order valence-electron chi connectivity index (χ0n) is 16.7. The number of amides is 2. The van der Waals surface area contributed by atoms with Gasteiger partial charge in [0.1, 0.15) is 0 Å². The lowest BCUT2D eigenvalue weighted by Crippen LogP contribution is -2.49. The summed E-state index contributed by atoms with van der Waals surface area (Å²) in [5, 5.41) is 2.12. The predicted molar refractivity (Wildman–Crippen MR) is 115 cm³/mol. The van der Waals surface area contributed by atoms with Gasteiger partial charge in [-0.3, -0.25) is 9.59 Å². The molecule has 0 bridgehead atoms. The lowest BCUT2D eigenvalue weighted by Gasteiger charge is -2.40. The molecule has 1 fully saturated rings. The van der Waals surface area contributed by atoms with E-state index in [1.165, 1.54) is 16.7 Å². The molecule has 3 aromatic rings. The first-order valence-electron chi connectivity index (χ1n) is 10.5. The monoisotopic (exact) mass is 420 g/mol. The van der Waals surface area contributed by atoms with Crippen LogP contribution in [0.25, 0.3) is 0 Å². The fourth-order valence-corrected chi connectivity index (χ4v) is 5.61. The third kappa shape index (κ3) is 3.45. The second kappa shape index (κ2) is 8.11. The number of furan rings is 1. The number of hydrogen-bond acceptors (Lipinski definition) is 4. The Kier molecular flexibility index (Phi) is 5.17. The van der Waals surface area contributed by atoms with E-state index in [4.69, 9.17) is 4.42 Å². The van der Waals surface area contributed by atoms with Crippen LogP contribution >= 0.6 is 11.3 Å². The minimum absolute atomic E-state index is 0.0511. The second-order valence-electron chi connectivity index (χ2n) is 7.96. The van der Waals surface area contributed by atoms with Crippen molar-refractivity contribution in [3.05, 3.63) is 81.9 Å². The van der Waals surface area contributed by atoms with Crippen molar-refractivity contribution in [1.82, 2.24) is 9.80 Å². The van der Waals surface area contributed by atoms with Gasteiger partial charge in [0.05, 0.1) is 18.2 Å². The van der Waals surface area contributed by atoms with E-state index in [0.717, 1.165) is 24.8 Å². The number of carbonyl (C=O) groups is 2. The minimum atomic E-state index is -0.177. The molecule has 30 heavy (non-hydrogen) atoms. The zero-order valence-corrected chi connectivity index (χ0v) is 17.5. The van der Waals surface area contributed by atoms with Crippen molar-refractivity contribution in [3.8, 4) is 0 Å². The summed E-state index contributed by atoms with van der Waals surface area (Å²) in [6.07, 6.45) is 4.05. The highest BCUT2D eigenvalue weighted by Gasteiger charge is 2.38. The van der Waals surface area contributed by atoms with Crippen molar-refractivity contribution >= 4 is 23.2 Å². The number of likely N-dealkylation sites (tertiary alicyclic amines) is 1. The number of carbonyl (C=O) groups excluding carboxylic acids is 2. The molecule has 2 atom stereocenters. The van der Waals surface area contributed by atoms with Crippen LogP contribution in [0.2, 0.25) is 0 Å². The van der Waals surface area contributed by atoms with Gasteiger partial charge in [0, 0.05) is 24.5 Å². The smallest absolute Gasteiger partial charge is 0.289 e. The number of hydrogen-bond donors (Lipinski definition) is 0. The van der Waals surface area contributed by atoms with Crippen LogP contribution in [0, 0.1) is 5.92 Å². The second-order valence-corrected chi connectivity index (χ2v) is 8.96. The highest BCUT2D eigenvalue weighted by atomic mass is 32.1. The summed E-state index contributed by atoms with van der Waals surface area (Å²) < 4.78 is 5.28. The quantitative estimate of drug-likeness (QED) is 0.632. The molecule has 2 aliphatic rings. The molecule has 0 aliphatic carbocycles. The van der Waals surface area contributed by atoms with Gasteiger partial charge in [0.2, 0.25) is 5.91 Å². The van der Waals surface area contributed by atoms with Crippen LogP contribution in [-0.2, 0) is 11.2 Å². The van der Waals surface area contributed by atoms with E-state index in [1.54, 1.807) is 28.4 Å². The lowest BCUT2D eigenvalue weighted by atomic mass is 9.90.